The largest absolute Gasteiger partial charge is 0.434 e. The summed E-state index contributed by atoms with van der Waals surface area (Å²) in [5.74, 6) is -1.86. The van der Waals surface area contributed by atoms with Crippen molar-refractivity contribution in [2.45, 2.75) is 29.6 Å². The van der Waals surface area contributed by atoms with Gasteiger partial charge in [0.15, 0.2) is 11.4 Å². The Morgan fingerprint density at radius 2 is 1.84 bits per heavy atom. The van der Waals surface area contributed by atoms with Crippen LogP contribution in [0, 0.1) is 0 Å². The molecule has 0 aliphatic heterocycles. The van der Waals surface area contributed by atoms with Crippen LogP contribution in [0.25, 0.3) is 16.9 Å². The number of nitrogens with one attached hydrogen (secondary N) is 1. The quantitative estimate of drug-likeness (QED) is 0.277. The van der Waals surface area contributed by atoms with Crippen LogP contribution in [0.4, 0.5) is 13.2 Å². The minimum atomic E-state index is -4.98. The Labute approximate surface area is 237 Å². The maximum atomic E-state index is 14.2. The summed E-state index contributed by atoms with van der Waals surface area (Å²) in [6.07, 6.45) is -0.559. The van der Waals surface area contributed by atoms with Gasteiger partial charge in [-0.15, -0.1) is 5.10 Å². The first-order valence-electron chi connectivity index (χ1n) is 10.3. The van der Waals surface area contributed by atoms with E-state index in [1.54, 1.807) is 6.07 Å². The topological polar surface area (TPSA) is 74.0 Å². The van der Waals surface area contributed by atoms with Crippen molar-refractivity contribution < 1.29 is 22.7 Å². The molecule has 3 aromatic rings. The molecule has 1 N–H and O–H groups in total. The lowest BCUT2D eigenvalue weighted by molar-refractivity contribution is -0.139. The average Bonchev–Trinajstić information content (AvgIpc) is 3.35. The lowest BCUT2D eigenvalue weighted by Gasteiger charge is -2.20. The zero-order valence-electron chi connectivity index (χ0n) is 18.4. The summed E-state index contributed by atoms with van der Waals surface area (Å²) in [6.45, 7) is 0. The van der Waals surface area contributed by atoms with Crippen LogP contribution >= 0.6 is 69.6 Å². The minimum Gasteiger partial charge on any atom is -0.434 e. The third-order valence-electron chi connectivity index (χ3n) is 5.17. The van der Waals surface area contributed by atoms with Crippen LogP contribution < -0.4 is 10.1 Å². The van der Waals surface area contributed by atoms with Crippen molar-refractivity contribution in [1.82, 2.24) is 24.9 Å². The van der Waals surface area contributed by atoms with Gasteiger partial charge < -0.3 is 10.1 Å². The Balaban J connectivity index is 1.73. The SMILES string of the molecule is Cn1nc(OC(Cl)(Cl)C(Cl)=C(Cl)Cl)c(C(F)(F)F)c1-n1cc(-c2ccc(Cl)c(C(=O)NC3CC3)c2)cn1. The number of carbonyl (C=O) groups excluding carboxylic acids is 1. The molecule has 1 amide bonds. The number of halogens is 9. The van der Waals surface area contributed by atoms with Gasteiger partial charge in [0.2, 0.25) is 0 Å². The van der Waals surface area contributed by atoms with E-state index in [9.17, 15) is 18.0 Å². The van der Waals surface area contributed by atoms with Crippen molar-refractivity contribution in [2.24, 2.45) is 7.05 Å². The van der Waals surface area contributed by atoms with Crippen molar-refractivity contribution in [3.63, 3.8) is 0 Å². The van der Waals surface area contributed by atoms with Crippen molar-refractivity contribution in [2.75, 3.05) is 0 Å². The molecule has 1 fully saturated rings. The van der Waals surface area contributed by atoms with E-state index >= 15 is 0 Å². The fourth-order valence-corrected chi connectivity index (χ4v) is 4.34. The molecule has 4 rings (SSSR count). The van der Waals surface area contributed by atoms with E-state index in [-0.39, 0.29) is 22.5 Å². The van der Waals surface area contributed by atoms with Crippen LogP contribution in [0.15, 0.2) is 40.1 Å². The molecule has 0 spiro atoms. The average molecular weight is 638 g/mol. The highest BCUT2D eigenvalue weighted by molar-refractivity contribution is 6.63. The normalized spacial score (nSPS) is 14.0. The zero-order valence-corrected chi connectivity index (χ0v) is 22.9. The number of aromatic nitrogens is 4. The van der Waals surface area contributed by atoms with Gasteiger partial charge >= 0.3 is 6.18 Å². The Kier molecular flexibility index (Phi) is 7.92. The lowest BCUT2D eigenvalue weighted by Crippen LogP contribution is -2.25. The van der Waals surface area contributed by atoms with Crippen LogP contribution in [-0.2, 0) is 13.2 Å². The molecule has 1 saturated carbocycles. The molecule has 0 radical (unpaired) electrons. The van der Waals surface area contributed by atoms with Crippen LogP contribution in [-0.4, -0.2) is 36.0 Å². The van der Waals surface area contributed by atoms with Gasteiger partial charge in [0.05, 0.1) is 16.8 Å². The van der Waals surface area contributed by atoms with Gasteiger partial charge in [-0.3, -0.25) is 4.79 Å². The van der Waals surface area contributed by atoms with Crippen molar-refractivity contribution in [3.05, 3.63) is 56.3 Å². The van der Waals surface area contributed by atoms with E-state index in [1.807, 2.05) is 0 Å². The Hall–Kier alpha value is -1.82. The highest BCUT2D eigenvalue weighted by Gasteiger charge is 2.45. The molecule has 1 aromatic carbocycles. The third kappa shape index (κ3) is 6.10. The highest BCUT2D eigenvalue weighted by atomic mass is 35.5. The molecule has 2 heterocycles. The minimum absolute atomic E-state index is 0.113. The number of rotatable bonds is 7. The molecule has 198 valence electrons. The molecule has 0 unspecified atom stereocenters. The molecule has 7 nitrogen and oxygen atoms in total. The van der Waals surface area contributed by atoms with E-state index in [2.05, 4.69) is 15.5 Å². The van der Waals surface area contributed by atoms with Crippen molar-refractivity contribution in [1.29, 1.82) is 0 Å². The maximum Gasteiger partial charge on any atom is 0.425 e. The number of ether oxygens (including phenoxy) is 1. The summed E-state index contributed by atoms with van der Waals surface area (Å²) in [5, 5.41) is 10.2. The number of amides is 1. The number of alkyl halides is 5. The molecule has 0 saturated heterocycles. The second kappa shape index (κ2) is 10.4. The molecular formula is C21H14Cl6F3N5O2. The first-order chi connectivity index (χ1) is 17.2. The fraction of sp³-hybridized carbons (Fsp3) is 0.286. The van der Waals surface area contributed by atoms with Gasteiger partial charge in [-0.05, 0) is 30.5 Å². The van der Waals surface area contributed by atoms with Gasteiger partial charge in [0, 0.05) is 24.8 Å². The van der Waals surface area contributed by atoms with Crippen LogP contribution in [0.2, 0.25) is 5.02 Å². The fourth-order valence-electron chi connectivity index (χ4n) is 3.31. The lowest BCUT2D eigenvalue weighted by atomic mass is 10.1. The van der Waals surface area contributed by atoms with E-state index < -0.39 is 37.5 Å². The molecule has 1 aliphatic rings. The summed E-state index contributed by atoms with van der Waals surface area (Å²) in [5.41, 5.74) is -0.212. The first kappa shape index (κ1) is 28.2. The molecule has 1 aliphatic carbocycles. The van der Waals surface area contributed by atoms with Gasteiger partial charge in [-0.25, -0.2) is 9.36 Å². The number of benzene rings is 1. The van der Waals surface area contributed by atoms with Gasteiger partial charge in [0.1, 0.15) is 9.52 Å². The number of hydrogen-bond donors (Lipinski definition) is 1. The summed E-state index contributed by atoms with van der Waals surface area (Å²) in [4.78, 5) is 12.5. The van der Waals surface area contributed by atoms with Crippen LogP contribution in [0.1, 0.15) is 28.8 Å². The number of nitrogens with zero attached hydrogens (tertiary/aromatic N) is 4. The third-order valence-corrected chi connectivity index (χ3v) is 7.25. The molecule has 16 heteroatoms. The van der Waals surface area contributed by atoms with E-state index in [4.69, 9.17) is 74.3 Å². The summed E-state index contributed by atoms with van der Waals surface area (Å²) >= 11 is 34.9. The highest BCUT2D eigenvalue weighted by Crippen LogP contribution is 2.45. The Morgan fingerprint density at radius 1 is 1.16 bits per heavy atom. The molecule has 37 heavy (non-hydrogen) atoms. The summed E-state index contributed by atoms with van der Waals surface area (Å²) < 4.78 is 46.2. The summed E-state index contributed by atoms with van der Waals surface area (Å²) in [6, 6.07) is 4.78. The van der Waals surface area contributed by atoms with Crippen molar-refractivity contribution in [3.8, 4) is 22.8 Å². The van der Waals surface area contributed by atoms with Gasteiger partial charge in [0.25, 0.3) is 16.3 Å². The van der Waals surface area contributed by atoms with Crippen LogP contribution in [0.3, 0.4) is 0 Å². The van der Waals surface area contributed by atoms with E-state index in [1.165, 1.54) is 31.6 Å². The monoisotopic (exact) mass is 635 g/mol. The molecule has 0 atom stereocenters. The number of aryl methyl sites for hydroxylation is 1. The standard InChI is InChI=1S/C21H14Cl6F3N5O2/c1-34-19(14(21(28,29)30)18(33-34)37-20(26,27)15(23)16(24)25)35-8-10(7-31-35)9-2-5-13(22)12(6-9)17(36)32-11-3-4-11/h2,5-8,11H,3-4H2,1H3,(H,32,36). The molecular weight excluding hydrogens is 624 g/mol. The van der Waals surface area contributed by atoms with E-state index in [0.717, 1.165) is 22.2 Å². The van der Waals surface area contributed by atoms with Crippen LogP contribution in [0.5, 0.6) is 5.88 Å². The Morgan fingerprint density at radius 3 is 2.43 bits per heavy atom. The molecule has 2 aromatic heterocycles. The second-order valence-corrected chi connectivity index (χ2v) is 10.9. The predicted octanol–water partition coefficient (Wildman–Crippen LogP) is 7.23. The zero-order chi connectivity index (χ0) is 27.3. The Bertz CT molecular complexity index is 1390. The number of hydrogen-bond acceptors (Lipinski definition) is 4. The van der Waals surface area contributed by atoms with Gasteiger partial charge in [-0.1, -0.05) is 75.7 Å². The second-order valence-electron chi connectivity index (χ2n) is 7.93. The summed E-state index contributed by atoms with van der Waals surface area (Å²) in [7, 11) is 1.23. The maximum absolute atomic E-state index is 14.2. The van der Waals surface area contributed by atoms with E-state index in [0.29, 0.717) is 11.1 Å². The first-order valence-corrected chi connectivity index (χ1v) is 12.5. The predicted molar refractivity (Wildman–Crippen MR) is 136 cm³/mol. The van der Waals surface area contributed by atoms with Gasteiger partial charge in [-0.2, -0.15) is 18.3 Å². The van der Waals surface area contributed by atoms with Crippen molar-refractivity contribution >= 4 is 75.5 Å². The number of carbonyl (C=O) groups is 1. The molecule has 0 bridgehead atoms. The smallest absolute Gasteiger partial charge is 0.425 e.